The van der Waals surface area contributed by atoms with Gasteiger partial charge in [0.15, 0.2) is 0 Å². The molecule has 1 fully saturated rings. The van der Waals surface area contributed by atoms with E-state index >= 15 is 0 Å². The van der Waals surface area contributed by atoms with Crippen LogP contribution in [-0.2, 0) is 13.6 Å². The molecule has 3 heterocycles. The van der Waals surface area contributed by atoms with Crippen LogP contribution in [0.2, 0.25) is 10.0 Å². The lowest BCUT2D eigenvalue weighted by Gasteiger charge is -2.17. The normalized spacial score (nSPS) is 15.3. The van der Waals surface area contributed by atoms with E-state index in [9.17, 15) is 9.59 Å². The van der Waals surface area contributed by atoms with Gasteiger partial charge in [-0.1, -0.05) is 60.5 Å². The van der Waals surface area contributed by atoms with Gasteiger partial charge in [0.1, 0.15) is 11.3 Å². The minimum atomic E-state index is -0.590. The van der Waals surface area contributed by atoms with E-state index in [1.807, 2.05) is 18.2 Å². The molecule has 2 aromatic heterocycles. The Morgan fingerprint density at radius 3 is 2.55 bits per heavy atom. The average Bonchev–Trinajstić information content (AvgIpc) is 3.36. The first-order chi connectivity index (χ1) is 19.3. The maximum Gasteiger partial charge on any atom is 0.279 e. The maximum atomic E-state index is 12.8. The number of methoxy groups -OCH3 is 1. The average molecular weight is 579 g/mol. The van der Waals surface area contributed by atoms with Gasteiger partial charge in [0.05, 0.1) is 34.7 Å². The topological polar surface area (TPSA) is 102 Å². The smallest absolute Gasteiger partial charge is 0.279 e. The molecule has 2 aromatic carbocycles. The van der Waals surface area contributed by atoms with E-state index in [1.54, 1.807) is 31.5 Å². The van der Waals surface area contributed by atoms with Crippen LogP contribution in [0.1, 0.15) is 29.4 Å². The number of carbonyl (C=O) groups excluding carboxylic acids is 1. The van der Waals surface area contributed by atoms with Gasteiger partial charge in [-0.25, -0.2) is 9.67 Å². The summed E-state index contributed by atoms with van der Waals surface area (Å²) < 4.78 is 6.68. The van der Waals surface area contributed by atoms with Gasteiger partial charge < -0.3 is 10.1 Å². The second-order valence-corrected chi connectivity index (χ2v) is 10.6. The summed E-state index contributed by atoms with van der Waals surface area (Å²) in [5.41, 5.74) is 3.04. The van der Waals surface area contributed by atoms with Crippen LogP contribution in [0.5, 0.6) is 5.88 Å². The van der Waals surface area contributed by atoms with Gasteiger partial charge in [0.25, 0.3) is 11.5 Å². The van der Waals surface area contributed by atoms with Crippen molar-refractivity contribution in [3.05, 3.63) is 86.5 Å². The number of nitrogens with one attached hydrogen (secondary N) is 1. The molecule has 9 nitrogen and oxygen atoms in total. The summed E-state index contributed by atoms with van der Waals surface area (Å²) in [5, 5.41) is 7.28. The first-order valence-electron chi connectivity index (χ1n) is 12.8. The van der Waals surface area contributed by atoms with Gasteiger partial charge in [-0.3, -0.25) is 19.5 Å². The Labute approximate surface area is 241 Å². The summed E-state index contributed by atoms with van der Waals surface area (Å²) >= 11 is 13.7. The third-order valence-corrected chi connectivity index (χ3v) is 7.76. The van der Waals surface area contributed by atoms with Gasteiger partial charge in [-0.2, -0.15) is 5.10 Å². The molecule has 1 unspecified atom stereocenters. The van der Waals surface area contributed by atoms with E-state index < -0.39 is 11.5 Å². The fraction of sp³-hybridized carbons (Fsp3) is 0.276. The lowest BCUT2D eigenvalue weighted by atomic mass is 10.0. The minimum Gasteiger partial charge on any atom is -0.480 e. The highest BCUT2D eigenvalue weighted by Gasteiger charge is 2.22. The number of hydrogen-bond acceptors (Lipinski definition) is 7. The predicted molar refractivity (Wildman–Crippen MR) is 156 cm³/mol. The molecule has 0 aliphatic carbocycles. The van der Waals surface area contributed by atoms with E-state index in [0.29, 0.717) is 51.4 Å². The Morgan fingerprint density at radius 2 is 1.82 bits per heavy atom. The summed E-state index contributed by atoms with van der Waals surface area (Å²) in [6, 6.07) is 12.1. The SMILES string of the molecule is COc1nc(-c2cccc(-c3cccc(NC(=O)c4ccnn(C)c4=O)c3Cl)c2Cl)cnc1CN1CCC(C)C1. The van der Waals surface area contributed by atoms with Crippen molar-refractivity contribution in [1.82, 2.24) is 24.6 Å². The van der Waals surface area contributed by atoms with Crippen molar-refractivity contribution in [3.63, 3.8) is 0 Å². The number of ether oxygens (including phenoxy) is 1. The summed E-state index contributed by atoms with van der Waals surface area (Å²) in [6.45, 7) is 4.98. The van der Waals surface area contributed by atoms with Crippen molar-refractivity contribution in [2.75, 3.05) is 25.5 Å². The van der Waals surface area contributed by atoms with Crippen LogP contribution < -0.4 is 15.6 Å². The van der Waals surface area contributed by atoms with Crippen molar-refractivity contribution in [2.45, 2.75) is 19.9 Å². The Kier molecular flexibility index (Phi) is 8.16. The number of nitrogens with zero attached hydrogens (tertiary/aromatic N) is 5. The molecule has 0 spiro atoms. The molecular formula is C29H28Cl2N6O3. The Balaban J connectivity index is 1.45. The molecule has 40 heavy (non-hydrogen) atoms. The maximum absolute atomic E-state index is 12.8. The summed E-state index contributed by atoms with van der Waals surface area (Å²) in [4.78, 5) is 36.9. The molecule has 0 radical (unpaired) electrons. The highest BCUT2D eigenvalue weighted by atomic mass is 35.5. The van der Waals surface area contributed by atoms with Crippen LogP contribution >= 0.6 is 23.2 Å². The van der Waals surface area contributed by atoms with Crippen LogP contribution in [0.25, 0.3) is 22.4 Å². The van der Waals surface area contributed by atoms with Gasteiger partial charge in [-0.05, 0) is 31.0 Å². The number of amides is 1. The second kappa shape index (κ2) is 11.8. The number of aromatic nitrogens is 4. The third kappa shape index (κ3) is 5.58. The van der Waals surface area contributed by atoms with Crippen molar-refractivity contribution in [3.8, 4) is 28.3 Å². The quantitative estimate of drug-likeness (QED) is 0.317. The van der Waals surface area contributed by atoms with Gasteiger partial charge >= 0.3 is 0 Å². The highest BCUT2D eigenvalue weighted by molar-refractivity contribution is 6.39. The molecule has 1 aliphatic rings. The van der Waals surface area contributed by atoms with Crippen molar-refractivity contribution < 1.29 is 9.53 Å². The van der Waals surface area contributed by atoms with Crippen LogP contribution in [0.3, 0.4) is 0 Å². The summed E-state index contributed by atoms with van der Waals surface area (Å²) in [5.74, 6) is 0.540. The molecule has 206 valence electrons. The second-order valence-electron chi connectivity index (χ2n) is 9.80. The molecule has 1 N–H and O–H groups in total. The van der Waals surface area contributed by atoms with Gasteiger partial charge in [-0.15, -0.1) is 0 Å². The number of carbonyl (C=O) groups is 1. The molecule has 5 rings (SSSR count). The molecule has 1 aliphatic heterocycles. The molecule has 1 atom stereocenters. The fourth-order valence-corrected chi connectivity index (χ4v) is 5.42. The molecule has 4 aromatic rings. The summed E-state index contributed by atoms with van der Waals surface area (Å²) in [6.07, 6.45) is 4.26. The first kappa shape index (κ1) is 27.8. The summed E-state index contributed by atoms with van der Waals surface area (Å²) in [7, 11) is 3.06. The molecule has 0 saturated carbocycles. The van der Waals surface area contributed by atoms with Crippen LogP contribution in [0, 0.1) is 5.92 Å². The van der Waals surface area contributed by atoms with E-state index in [-0.39, 0.29) is 10.6 Å². The fourth-order valence-electron chi connectivity index (χ4n) is 4.82. The Hall–Kier alpha value is -3.79. The zero-order valence-electron chi connectivity index (χ0n) is 22.3. The van der Waals surface area contributed by atoms with Crippen LogP contribution in [0.15, 0.2) is 59.7 Å². The van der Waals surface area contributed by atoms with E-state index in [2.05, 4.69) is 27.2 Å². The monoisotopic (exact) mass is 578 g/mol. The first-order valence-corrected chi connectivity index (χ1v) is 13.6. The number of likely N-dealkylation sites (tertiary alicyclic amines) is 1. The number of hydrogen-bond donors (Lipinski definition) is 1. The lowest BCUT2D eigenvalue weighted by Crippen LogP contribution is -2.28. The highest BCUT2D eigenvalue weighted by Crippen LogP contribution is 2.41. The molecular weight excluding hydrogens is 551 g/mol. The number of halogens is 2. The van der Waals surface area contributed by atoms with Crippen molar-refractivity contribution >= 4 is 34.8 Å². The predicted octanol–water partition coefficient (Wildman–Crippen LogP) is 5.31. The van der Waals surface area contributed by atoms with Crippen LogP contribution in [0.4, 0.5) is 5.69 Å². The Morgan fingerprint density at radius 1 is 1.10 bits per heavy atom. The zero-order chi connectivity index (χ0) is 28.4. The molecule has 1 amide bonds. The largest absolute Gasteiger partial charge is 0.480 e. The van der Waals surface area contributed by atoms with Crippen molar-refractivity contribution in [2.24, 2.45) is 13.0 Å². The number of anilines is 1. The van der Waals surface area contributed by atoms with E-state index in [0.717, 1.165) is 23.5 Å². The van der Waals surface area contributed by atoms with Gasteiger partial charge in [0, 0.05) is 43.0 Å². The molecule has 0 bridgehead atoms. The molecule has 1 saturated heterocycles. The van der Waals surface area contributed by atoms with Crippen LogP contribution in [-0.4, -0.2) is 50.8 Å². The number of rotatable bonds is 7. The van der Waals surface area contributed by atoms with Gasteiger partial charge in [0.2, 0.25) is 5.88 Å². The Bertz CT molecular complexity index is 1640. The standard InChI is InChI=1S/C29H28Cl2N6O3/c1-17-11-13-37(15-17)16-24-28(40-3)35-23(14-32-24)20-8-4-6-18(25(20)30)19-7-5-9-22(26(19)31)34-27(38)21-10-12-33-36(2)29(21)39/h4-10,12,14,17H,11,13,15-16H2,1-3H3,(H,34,38). The number of benzene rings is 2. The zero-order valence-corrected chi connectivity index (χ0v) is 23.8. The number of aryl methyl sites for hydroxylation is 1. The molecule has 11 heteroatoms. The third-order valence-electron chi connectivity index (χ3n) is 6.95. The van der Waals surface area contributed by atoms with E-state index in [1.165, 1.54) is 25.7 Å². The van der Waals surface area contributed by atoms with E-state index in [4.69, 9.17) is 32.9 Å². The van der Waals surface area contributed by atoms with Crippen molar-refractivity contribution in [1.29, 1.82) is 0 Å². The lowest BCUT2D eigenvalue weighted by molar-refractivity contribution is 0.102. The minimum absolute atomic E-state index is 0.0470.